The zero-order valence-corrected chi connectivity index (χ0v) is 16.4. The second kappa shape index (κ2) is 7.35. The summed E-state index contributed by atoms with van der Waals surface area (Å²) >= 11 is 0. The van der Waals surface area contributed by atoms with E-state index in [0.29, 0.717) is 23.1 Å². The van der Waals surface area contributed by atoms with Gasteiger partial charge in [-0.1, -0.05) is 24.3 Å². The number of amides is 2. The molecule has 3 aromatic rings. The number of ether oxygens (including phenoxy) is 1. The van der Waals surface area contributed by atoms with Crippen molar-refractivity contribution in [1.82, 2.24) is 4.98 Å². The summed E-state index contributed by atoms with van der Waals surface area (Å²) in [6.45, 7) is 3.36. The Hall–Kier alpha value is -3.74. The smallest absolute Gasteiger partial charge is 0.256 e. The largest absolute Gasteiger partial charge is 0.495 e. The number of rotatable bonds is 3. The molecular weight excluding hydrogens is 368 g/mol. The number of methoxy groups -OCH3 is 1. The normalized spacial score (nSPS) is 13.6. The highest BCUT2D eigenvalue weighted by Gasteiger charge is 2.33. The summed E-state index contributed by atoms with van der Waals surface area (Å²) in [5, 5.41) is 6.66. The van der Waals surface area contributed by atoms with Crippen molar-refractivity contribution in [3.05, 3.63) is 60.2 Å². The number of carbonyl (C=O) groups excluding carboxylic acids is 2. The van der Waals surface area contributed by atoms with Crippen LogP contribution in [-0.4, -0.2) is 29.7 Å². The molecule has 0 bridgehead atoms. The van der Waals surface area contributed by atoms with Gasteiger partial charge in [0, 0.05) is 12.3 Å². The van der Waals surface area contributed by atoms with Crippen LogP contribution in [0.1, 0.15) is 18.9 Å². The second-order valence-corrected chi connectivity index (χ2v) is 6.79. The van der Waals surface area contributed by atoms with Crippen LogP contribution in [0.3, 0.4) is 0 Å². The first-order chi connectivity index (χ1) is 14.0. The molecule has 0 aliphatic carbocycles. The van der Waals surface area contributed by atoms with Gasteiger partial charge in [0.2, 0.25) is 5.91 Å². The number of benzene rings is 2. The molecule has 0 saturated heterocycles. The van der Waals surface area contributed by atoms with Crippen molar-refractivity contribution in [3.8, 4) is 5.75 Å². The monoisotopic (exact) mass is 388 g/mol. The van der Waals surface area contributed by atoms with Crippen LogP contribution in [0.5, 0.6) is 5.75 Å². The van der Waals surface area contributed by atoms with E-state index in [1.165, 1.54) is 16.8 Å². The molecule has 0 saturated carbocycles. The minimum absolute atomic E-state index is 0.00875. The number of nitrogens with zero attached hydrogens (tertiary/aromatic N) is 4. The van der Waals surface area contributed by atoms with Gasteiger partial charge >= 0.3 is 0 Å². The Morgan fingerprint density at radius 2 is 1.93 bits per heavy atom. The number of hydrogen-bond donors (Lipinski definition) is 0. The summed E-state index contributed by atoms with van der Waals surface area (Å²) in [4.78, 5) is 31.1. The van der Waals surface area contributed by atoms with E-state index in [9.17, 15) is 9.59 Å². The minimum atomic E-state index is -0.256. The fraction of sp³-hybridized carbons (Fsp3) is 0.182. The van der Waals surface area contributed by atoms with Crippen LogP contribution in [0.2, 0.25) is 0 Å². The molecule has 1 aliphatic heterocycles. The van der Waals surface area contributed by atoms with Crippen LogP contribution >= 0.6 is 0 Å². The fourth-order valence-electron chi connectivity index (χ4n) is 3.36. The van der Waals surface area contributed by atoms with Gasteiger partial charge in [-0.25, -0.2) is 4.98 Å². The highest BCUT2D eigenvalue weighted by atomic mass is 16.5. The van der Waals surface area contributed by atoms with E-state index >= 15 is 0 Å². The SMILES string of the molecule is COc1ccc(C)cc1N(C(C)=O)C1=NN(c2ccc3ccccc3n2)C(=O)C1. The van der Waals surface area contributed by atoms with Crippen molar-refractivity contribution in [1.29, 1.82) is 0 Å². The Morgan fingerprint density at radius 3 is 2.69 bits per heavy atom. The molecule has 7 heteroatoms. The summed E-state index contributed by atoms with van der Waals surface area (Å²) < 4.78 is 5.42. The first-order valence-electron chi connectivity index (χ1n) is 9.19. The highest BCUT2D eigenvalue weighted by Crippen LogP contribution is 2.32. The third-order valence-corrected chi connectivity index (χ3v) is 4.71. The van der Waals surface area contributed by atoms with Crippen LogP contribution in [0, 0.1) is 6.92 Å². The van der Waals surface area contributed by atoms with Crippen molar-refractivity contribution in [2.45, 2.75) is 20.3 Å². The number of pyridine rings is 1. The summed E-state index contributed by atoms with van der Waals surface area (Å²) in [5.41, 5.74) is 2.29. The number of fused-ring (bicyclic) bond motifs is 1. The number of anilines is 2. The Kier molecular flexibility index (Phi) is 4.72. The lowest BCUT2D eigenvalue weighted by Crippen LogP contribution is -2.35. The molecule has 0 unspecified atom stereocenters. The van der Waals surface area contributed by atoms with Crippen molar-refractivity contribution < 1.29 is 14.3 Å². The molecule has 2 aromatic carbocycles. The van der Waals surface area contributed by atoms with Gasteiger partial charge in [-0.2, -0.15) is 5.01 Å². The molecule has 0 N–H and O–H groups in total. The first kappa shape index (κ1) is 18.6. The molecule has 1 aliphatic rings. The lowest BCUT2D eigenvalue weighted by atomic mass is 10.1. The Bertz CT molecular complexity index is 1160. The second-order valence-electron chi connectivity index (χ2n) is 6.79. The number of carbonyl (C=O) groups is 2. The molecule has 0 radical (unpaired) electrons. The summed E-state index contributed by atoms with van der Waals surface area (Å²) in [6, 6.07) is 16.8. The van der Waals surface area contributed by atoms with Crippen LogP contribution in [0.25, 0.3) is 10.9 Å². The maximum Gasteiger partial charge on any atom is 0.256 e. The topological polar surface area (TPSA) is 75.1 Å². The standard InChI is InChI=1S/C22H20N4O3/c1-14-8-10-19(29-3)18(12-14)25(15(2)27)21-13-22(28)26(24-21)20-11-9-16-6-4-5-7-17(16)23-20/h4-12H,13H2,1-3H3. The molecule has 0 atom stereocenters. The van der Waals surface area contributed by atoms with E-state index in [1.807, 2.05) is 49.4 Å². The molecule has 0 fully saturated rings. The molecular formula is C22H20N4O3. The summed E-state index contributed by atoms with van der Waals surface area (Å²) in [6.07, 6.45) is -0.00875. The third-order valence-electron chi connectivity index (χ3n) is 4.71. The number of para-hydroxylation sites is 1. The zero-order chi connectivity index (χ0) is 20.5. The van der Waals surface area contributed by atoms with E-state index in [4.69, 9.17) is 4.74 Å². The average Bonchev–Trinajstić information content (AvgIpc) is 3.08. The molecule has 2 heterocycles. The minimum Gasteiger partial charge on any atom is -0.495 e. The van der Waals surface area contributed by atoms with Gasteiger partial charge in [0.15, 0.2) is 5.82 Å². The van der Waals surface area contributed by atoms with Crippen molar-refractivity contribution in [2.75, 3.05) is 17.0 Å². The lowest BCUT2D eigenvalue weighted by Gasteiger charge is -2.22. The molecule has 1 aromatic heterocycles. The quantitative estimate of drug-likeness (QED) is 0.686. The molecule has 2 amide bonds. The van der Waals surface area contributed by atoms with Gasteiger partial charge in [0.1, 0.15) is 11.6 Å². The maximum absolute atomic E-state index is 12.7. The van der Waals surface area contributed by atoms with E-state index < -0.39 is 0 Å². The van der Waals surface area contributed by atoms with Gasteiger partial charge in [0.25, 0.3) is 5.91 Å². The van der Waals surface area contributed by atoms with Crippen LogP contribution in [0.15, 0.2) is 59.7 Å². The van der Waals surface area contributed by atoms with Crippen molar-refractivity contribution in [3.63, 3.8) is 0 Å². The average molecular weight is 388 g/mol. The maximum atomic E-state index is 12.7. The summed E-state index contributed by atoms with van der Waals surface area (Å²) in [5.74, 6) is 0.780. The van der Waals surface area contributed by atoms with E-state index in [-0.39, 0.29) is 18.2 Å². The molecule has 0 spiro atoms. The molecule has 7 nitrogen and oxygen atoms in total. The Morgan fingerprint density at radius 1 is 1.14 bits per heavy atom. The first-order valence-corrected chi connectivity index (χ1v) is 9.19. The fourth-order valence-corrected chi connectivity index (χ4v) is 3.36. The molecule has 4 rings (SSSR count). The van der Waals surface area contributed by atoms with E-state index in [2.05, 4.69) is 10.1 Å². The molecule has 146 valence electrons. The van der Waals surface area contributed by atoms with Crippen LogP contribution < -0.4 is 14.6 Å². The van der Waals surface area contributed by atoms with Crippen LogP contribution in [0.4, 0.5) is 11.5 Å². The third kappa shape index (κ3) is 3.42. The van der Waals surface area contributed by atoms with Gasteiger partial charge in [0.05, 0.1) is 24.7 Å². The van der Waals surface area contributed by atoms with Crippen molar-refractivity contribution >= 4 is 40.1 Å². The highest BCUT2D eigenvalue weighted by molar-refractivity contribution is 6.25. The number of hydrogen-bond acceptors (Lipinski definition) is 5. The van der Waals surface area contributed by atoms with Gasteiger partial charge < -0.3 is 4.74 Å². The summed E-state index contributed by atoms with van der Waals surface area (Å²) in [7, 11) is 1.54. The number of aryl methyl sites for hydroxylation is 1. The lowest BCUT2D eigenvalue weighted by molar-refractivity contribution is -0.117. The van der Waals surface area contributed by atoms with Gasteiger partial charge in [-0.3, -0.25) is 14.5 Å². The zero-order valence-electron chi connectivity index (χ0n) is 16.4. The number of amidine groups is 1. The predicted molar refractivity (Wildman–Crippen MR) is 112 cm³/mol. The van der Waals surface area contributed by atoms with Gasteiger partial charge in [-0.05, 0) is 42.8 Å². The van der Waals surface area contributed by atoms with Crippen LogP contribution in [-0.2, 0) is 9.59 Å². The predicted octanol–water partition coefficient (Wildman–Crippen LogP) is 3.66. The van der Waals surface area contributed by atoms with Crippen molar-refractivity contribution in [2.24, 2.45) is 5.10 Å². The Balaban J connectivity index is 1.76. The number of aromatic nitrogens is 1. The number of hydrazone groups is 1. The Labute approximate surface area is 168 Å². The van der Waals surface area contributed by atoms with E-state index in [0.717, 1.165) is 16.5 Å². The van der Waals surface area contributed by atoms with E-state index in [1.54, 1.807) is 19.2 Å². The molecule has 29 heavy (non-hydrogen) atoms. The van der Waals surface area contributed by atoms with Gasteiger partial charge in [-0.15, -0.1) is 5.10 Å².